The average Bonchev–Trinajstić information content (AvgIpc) is 2.33. The van der Waals surface area contributed by atoms with E-state index >= 15 is 0 Å². The molecule has 0 aromatic rings. The molecule has 0 spiro atoms. The van der Waals surface area contributed by atoms with Crippen LogP contribution in [0.15, 0.2) is 17.3 Å². The lowest BCUT2D eigenvalue weighted by Gasteiger charge is -2.51. The Morgan fingerprint density at radius 1 is 1.53 bits per heavy atom. The molecule has 0 aromatic carbocycles. The van der Waals surface area contributed by atoms with Crippen molar-refractivity contribution in [3.8, 4) is 0 Å². The van der Waals surface area contributed by atoms with Crippen LogP contribution in [0, 0.1) is 23.2 Å². The number of carbonyl (C=O) groups is 1. The molecule has 4 nitrogen and oxygen atoms in total. The van der Waals surface area contributed by atoms with Crippen molar-refractivity contribution in [2.75, 3.05) is 6.54 Å². The molecule has 2 bridgehead atoms. The van der Waals surface area contributed by atoms with Crippen molar-refractivity contribution < 1.29 is 4.79 Å². The predicted molar refractivity (Wildman–Crippen MR) is 66.3 cm³/mol. The van der Waals surface area contributed by atoms with Crippen LogP contribution in [0.2, 0.25) is 0 Å². The van der Waals surface area contributed by atoms with Gasteiger partial charge in [-0.1, -0.05) is 24.2 Å². The zero-order valence-electron chi connectivity index (χ0n) is 10.5. The van der Waals surface area contributed by atoms with E-state index in [0.29, 0.717) is 24.3 Å². The maximum atomic E-state index is 12.0. The van der Waals surface area contributed by atoms with Crippen LogP contribution >= 0.6 is 0 Å². The highest BCUT2D eigenvalue weighted by atomic mass is 16.1. The lowest BCUT2D eigenvalue weighted by molar-refractivity contribution is -0.136. The Morgan fingerprint density at radius 3 is 2.82 bits per heavy atom. The highest BCUT2D eigenvalue weighted by Crippen LogP contribution is 2.54. The molecule has 17 heavy (non-hydrogen) atoms. The van der Waals surface area contributed by atoms with E-state index in [1.165, 1.54) is 6.42 Å². The SMILES string of the molecule is CC(=O)[C@@]1(C)[C@H]2C=C[C@H](CC2)[C@@H]1CCN=[N+]=[N-]. The summed E-state index contributed by atoms with van der Waals surface area (Å²) < 4.78 is 0. The molecule has 4 heteroatoms. The lowest BCUT2D eigenvalue weighted by atomic mass is 9.52. The van der Waals surface area contributed by atoms with Crippen molar-refractivity contribution >= 4 is 5.78 Å². The Labute approximate surface area is 102 Å². The smallest absolute Gasteiger partial charge is 0.136 e. The van der Waals surface area contributed by atoms with Gasteiger partial charge in [0, 0.05) is 16.9 Å². The maximum absolute atomic E-state index is 12.0. The zero-order chi connectivity index (χ0) is 12.5. The Kier molecular flexibility index (Phi) is 3.25. The van der Waals surface area contributed by atoms with Crippen LogP contribution in [-0.2, 0) is 4.79 Å². The van der Waals surface area contributed by atoms with Crippen molar-refractivity contribution in [2.45, 2.75) is 33.1 Å². The molecule has 4 atom stereocenters. The molecule has 0 N–H and O–H groups in total. The summed E-state index contributed by atoms with van der Waals surface area (Å²) in [6, 6.07) is 0. The van der Waals surface area contributed by atoms with Gasteiger partial charge >= 0.3 is 0 Å². The molecule has 1 fully saturated rings. The van der Waals surface area contributed by atoms with Gasteiger partial charge < -0.3 is 0 Å². The maximum Gasteiger partial charge on any atom is 0.136 e. The molecule has 0 aliphatic heterocycles. The molecule has 1 saturated carbocycles. The van der Waals surface area contributed by atoms with Gasteiger partial charge in [0.1, 0.15) is 5.78 Å². The summed E-state index contributed by atoms with van der Waals surface area (Å²) in [5.74, 6) is 1.49. The second-order valence-corrected chi connectivity index (χ2v) is 5.42. The van der Waals surface area contributed by atoms with Crippen LogP contribution in [0.4, 0.5) is 0 Å². The Bertz CT molecular complexity index is 397. The van der Waals surface area contributed by atoms with E-state index in [4.69, 9.17) is 5.53 Å². The molecule has 0 unspecified atom stereocenters. The summed E-state index contributed by atoms with van der Waals surface area (Å²) in [5, 5.41) is 3.62. The fourth-order valence-electron chi connectivity index (χ4n) is 3.67. The first kappa shape index (κ1) is 12.2. The Balaban J connectivity index is 2.24. The second-order valence-electron chi connectivity index (χ2n) is 5.42. The number of carbonyl (C=O) groups excluding carboxylic acids is 1. The number of fused-ring (bicyclic) bond motifs is 2. The monoisotopic (exact) mass is 233 g/mol. The van der Waals surface area contributed by atoms with Crippen LogP contribution in [0.25, 0.3) is 10.4 Å². The number of hydrogen-bond acceptors (Lipinski definition) is 2. The minimum atomic E-state index is -0.247. The summed E-state index contributed by atoms with van der Waals surface area (Å²) in [4.78, 5) is 14.8. The van der Waals surface area contributed by atoms with E-state index in [1.807, 2.05) is 0 Å². The van der Waals surface area contributed by atoms with Crippen molar-refractivity contribution in [3.05, 3.63) is 22.6 Å². The predicted octanol–water partition coefficient (Wildman–Crippen LogP) is 3.49. The van der Waals surface area contributed by atoms with E-state index in [2.05, 4.69) is 29.1 Å². The molecule has 0 amide bonds. The molecule has 3 rings (SSSR count). The van der Waals surface area contributed by atoms with Crippen molar-refractivity contribution in [2.24, 2.45) is 28.3 Å². The van der Waals surface area contributed by atoms with Crippen LogP contribution in [-0.4, -0.2) is 12.3 Å². The topological polar surface area (TPSA) is 65.8 Å². The van der Waals surface area contributed by atoms with Gasteiger partial charge in [0.15, 0.2) is 0 Å². The third-order valence-electron chi connectivity index (χ3n) is 4.82. The molecule has 0 radical (unpaired) electrons. The summed E-state index contributed by atoms with van der Waals surface area (Å²) in [6.45, 7) is 4.30. The summed E-state index contributed by atoms with van der Waals surface area (Å²) in [5.41, 5.74) is 8.10. The van der Waals surface area contributed by atoms with Crippen molar-refractivity contribution in [1.29, 1.82) is 0 Å². The zero-order valence-corrected chi connectivity index (χ0v) is 10.5. The van der Waals surface area contributed by atoms with Crippen LogP contribution in [0.5, 0.6) is 0 Å². The first-order chi connectivity index (χ1) is 8.10. The van der Waals surface area contributed by atoms with Gasteiger partial charge in [0.2, 0.25) is 0 Å². The van der Waals surface area contributed by atoms with E-state index in [9.17, 15) is 4.79 Å². The first-order valence-electron chi connectivity index (χ1n) is 6.31. The lowest BCUT2D eigenvalue weighted by Crippen LogP contribution is -2.49. The van der Waals surface area contributed by atoms with Gasteiger partial charge in [-0.2, -0.15) is 0 Å². The number of nitrogens with zero attached hydrogens (tertiary/aromatic N) is 3. The number of azide groups is 1. The quantitative estimate of drug-likeness (QED) is 0.317. The van der Waals surface area contributed by atoms with E-state index in [-0.39, 0.29) is 11.2 Å². The summed E-state index contributed by atoms with van der Waals surface area (Å²) >= 11 is 0. The van der Waals surface area contributed by atoms with Crippen LogP contribution < -0.4 is 0 Å². The number of ketones is 1. The van der Waals surface area contributed by atoms with Gasteiger partial charge in [0.25, 0.3) is 0 Å². The molecule has 3 aliphatic carbocycles. The Morgan fingerprint density at radius 2 is 2.29 bits per heavy atom. The largest absolute Gasteiger partial charge is 0.299 e. The van der Waals surface area contributed by atoms with E-state index in [0.717, 1.165) is 12.8 Å². The van der Waals surface area contributed by atoms with Gasteiger partial charge in [-0.3, -0.25) is 4.79 Å². The minimum absolute atomic E-state index is 0.247. The third kappa shape index (κ3) is 1.87. The second kappa shape index (κ2) is 4.53. The molecular weight excluding hydrogens is 214 g/mol. The molecule has 0 aromatic heterocycles. The summed E-state index contributed by atoms with van der Waals surface area (Å²) in [7, 11) is 0. The number of Topliss-reactive ketones (excluding diaryl/α,β-unsaturated/α-hetero) is 1. The van der Waals surface area contributed by atoms with Crippen molar-refractivity contribution in [3.63, 3.8) is 0 Å². The van der Waals surface area contributed by atoms with Crippen LogP contribution in [0.1, 0.15) is 33.1 Å². The minimum Gasteiger partial charge on any atom is -0.299 e. The van der Waals surface area contributed by atoms with Gasteiger partial charge in [-0.05, 0) is 49.5 Å². The molecule has 0 saturated heterocycles. The first-order valence-corrected chi connectivity index (χ1v) is 6.31. The van der Waals surface area contributed by atoms with E-state index < -0.39 is 0 Å². The van der Waals surface area contributed by atoms with E-state index in [1.54, 1.807) is 6.92 Å². The van der Waals surface area contributed by atoms with Crippen LogP contribution in [0.3, 0.4) is 0 Å². The average molecular weight is 233 g/mol. The number of hydrogen-bond donors (Lipinski definition) is 0. The number of rotatable bonds is 4. The third-order valence-corrected chi connectivity index (χ3v) is 4.82. The molecular formula is C13H19N3O. The standard InChI is InChI=1S/C13H19N3O/c1-9(17)13(2)11-5-3-10(4-6-11)12(13)7-8-15-16-14/h3,5,10-12H,4,6-8H2,1-2H3/t10-,11+,12+,13+/m1/s1. The molecule has 92 valence electrons. The Hall–Kier alpha value is -1.28. The van der Waals surface area contributed by atoms with Gasteiger partial charge in [-0.25, -0.2) is 0 Å². The summed E-state index contributed by atoms with van der Waals surface area (Å²) in [6.07, 6.45) is 7.60. The number of allylic oxidation sites excluding steroid dienone is 2. The molecule has 0 heterocycles. The molecule has 3 aliphatic rings. The normalized spacial score (nSPS) is 38.8. The van der Waals surface area contributed by atoms with Gasteiger partial charge in [-0.15, -0.1) is 0 Å². The van der Waals surface area contributed by atoms with Crippen molar-refractivity contribution in [1.82, 2.24) is 0 Å². The fourth-order valence-corrected chi connectivity index (χ4v) is 3.67. The highest BCUT2D eigenvalue weighted by Gasteiger charge is 2.51. The fraction of sp³-hybridized carbons (Fsp3) is 0.769. The van der Waals surface area contributed by atoms with Gasteiger partial charge in [0.05, 0.1) is 0 Å². The highest BCUT2D eigenvalue weighted by molar-refractivity contribution is 5.83.